The largest absolute Gasteiger partial charge is 0.291 e. The molecule has 0 radical (unpaired) electrons. The van der Waals surface area contributed by atoms with Crippen LogP contribution in [0, 0.1) is 6.92 Å². The van der Waals surface area contributed by atoms with E-state index in [0.29, 0.717) is 0 Å². The van der Waals surface area contributed by atoms with Crippen LogP contribution in [0.3, 0.4) is 0 Å². The van der Waals surface area contributed by atoms with Crippen LogP contribution in [0.4, 0.5) is 0 Å². The van der Waals surface area contributed by atoms with Crippen molar-refractivity contribution in [2.24, 2.45) is 0 Å². The number of hydrogen-bond donors (Lipinski definition) is 0. The molecule has 0 amide bonds. The molecule has 0 bridgehead atoms. The predicted octanol–water partition coefficient (Wildman–Crippen LogP) is 2.69. The monoisotopic (exact) mass is 191 g/mol. The highest BCUT2D eigenvalue weighted by atomic mass is 16.7. The Morgan fingerprint density at radius 1 is 1.29 bits per heavy atom. The minimum atomic E-state index is 0.259. The normalized spacial score (nSPS) is 23.7. The van der Waals surface area contributed by atoms with Crippen molar-refractivity contribution >= 4 is 0 Å². The molecule has 1 atom stereocenters. The van der Waals surface area contributed by atoms with Gasteiger partial charge in [0, 0.05) is 13.6 Å². The first-order chi connectivity index (χ1) is 6.75. The molecule has 1 aliphatic heterocycles. The molecule has 0 saturated carbocycles. The van der Waals surface area contributed by atoms with Crippen LogP contribution < -0.4 is 0 Å². The van der Waals surface area contributed by atoms with E-state index < -0.39 is 0 Å². The lowest BCUT2D eigenvalue weighted by Gasteiger charge is -2.29. The van der Waals surface area contributed by atoms with Gasteiger partial charge >= 0.3 is 0 Å². The van der Waals surface area contributed by atoms with Gasteiger partial charge in [-0.25, -0.2) is 0 Å². The molecule has 1 unspecified atom stereocenters. The SMILES string of the molecule is Cc1ccc(C2CCCN(C)O2)cc1. The van der Waals surface area contributed by atoms with Gasteiger partial charge in [-0.3, -0.25) is 4.84 Å². The second kappa shape index (κ2) is 4.11. The molecule has 0 aliphatic carbocycles. The van der Waals surface area contributed by atoms with Gasteiger partial charge in [0.15, 0.2) is 0 Å². The second-order valence-electron chi connectivity index (χ2n) is 4.00. The Labute approximate surface area is 85.4 Å². The Kier molecular flexibility index (Phi) is 2.85. The molecule has 1 aliphatic rings. The summed E-state index contributed by atoms with van der Waals surface area (Å²) >= 11 is 0. The third-order valence-corrected chi connectivity index (χ3v) is 2.70. The maximum atomic E-state index is 5.75. The highest BCUT2D eigenvalue weighted by molar-refractivity contribution is 5.23. The van der Waals surface area contributed by atoms with Gasteiger partial charge in [0.05, 0.1) is 0 Å². The average molecular weight is 191 g/mol. The van der Waals surface area contributed by atoms with Gasteiger partial charge in [0.2, 0.25) is 0 Å². The fourth-order valence-corrected chi connectivity index (χ4v) is 1.83. The molecule has 1 heterocycles. The molecule has 76 valence electrons. The van der Waals surface area contributed by atoms with Crippen molar-refractivity contribution in [3.8, 4) is 0 Å². The molecule has 1 aromatic carbocycles. The third kappa shape index (κ3) is 2.14. The maximum absolute atomic E-state index is 5.75. The summed E-state index contributed by atoms with van der Waals surface area (Å²) in [7, 11) is 2.00. The van der Waals surface area contributed by atoms with Crippen LogP contribution in [0.15, 0.2) is 24.3 Å². The molecule has 0 aromatic heterocycles. The molecule has 1 fully saturated rings. The minimum absolute atomic E-state index is 0.259. The molecule has 14 heavy (non-hydrogen) atoms. The number of hydroxylamine groups is 2. The molecule has 1 saturated heterocycles. The highest BCUT2D eigenvalue weighted by Crippen LogP contribution is 2.27. The van der Waals surface area contributed by atoms with Crippen LogP contribution in [0.2, 0.25) is 0 Å². The van der Waals surface area contributed by atoms with E-state index in [4.69, 9.17) is 4.84 Å². The van der Waals surface area contributed by atoms with Crippen LogP contribution in [-0.2, 0) is 4.84 Å². The van der Waals surface area contributed by atoms with E-state index in [-0.39, 0.29) is 6.10 Å². The summed E-state index contributed by atoms with van der Waals surface area (Å²) in [4.78, 5) is 5.75. The van der Waals surface area contributed by atoms with Gasteiger partial charge in [-0.05, 0) is 25.3 Å². The fraction of sp³-hybridized carbons (Fsp3) is 0.500. The summed E-state index contributed by atoms with van der Waals surface area (Å²) in [5.74, 6) is 0. The fourth-order valence-electron chi connectivity index (χ4n) is 1.83. The average Bonchev–Trinajstić information content (AvgIpc) is 2.19. The zero-order valence-electron chi connectivity index (χ0n) is 8.86. The first-order valence-corrected chi connectivity index (χ1v) is 5.20. The van der Waals surface area contributed by atoms with E-state index in [2.05, 4.69) is 31.2 Å². The van der Waals surface area contributed by atoms with Crippen molar-refractivity contribution in [3.05, 3.63) is 35.4 Å². The van der Waals surface area contributed by atoms with Gasteiger partial charge in [0.25, 0.3) is 0 Å². The summed E-state index contributed by atoms with van der Waals surface area (Å²) < 4.78 is 0. The predicted molar refractivity (Wildman–Crippen MR) is 56.9 cm³/mol. The van der Waals surface area contributed by atoms with Crippen LogP contribution in [0.1, 0.15) is 30.1 Å². The van der Waals surface area contributed by atoms with Gasteiger partial charge < -0.3 is 0 Å². The quantitative estimate of drug-likeness (QED) is 0.676. The van der Waals surface area contributed by atoms with Crippen molar-refractivity contribution in [3.63, 3.8) is 0 Å². The van der Waals surface area contributed by atoms with Crippen LogP contribution in [0.5, 0.6) is 0 Å². The van der Waals surface area contributed by atoms with Crippen molar-refractivity contribution in [1.29, 1.82) is 0 Å². The Morgan fingerprint density at radius 3 is 2.64 bits per heavy atom. The standard InChI is InChI=1S/C12H17NO/c1-10-5-7-11(8-6-10)12-4-3-9-13(2)14-12/h5-8,12H,3-4,9H2,1-2H3. The number of rotatable bonds is 1. The summed E-state index contributed by atoms with van der Waals surface area (Å²) in [5.41, 5.74) is 2.60. The van der Waals surface area contributed by atoms with E-state index in [1.165, 1.54) is 17.5 Å². The summed E-state index contributed by atoms with van der Waals surface area (Å²) in [6, 6.07) is 8.62. The zero-order chi connectivity index (χ0) is 9.97. The summed E-state index contributed by atoms with van der Waals surface area (Å²) in [6.45, 7) is 3.15. The molecule has 0 N–H and O–H groups in total. The summed E-state index contributed by atoms with van der Waals surface area (Å²) in [6.07, 6.45) is 2.61. The lowest BCUT2D eigenvalue weighted by molar-refractivity contribution is -0.208. The number of aryl methyl sites for hydroxylation is 1. The third-order valence-electron chi connectivity index (χ3n) is 2.70. The first-order valence-electron chi connectivity index (χ1n) is 5.20. The van der Waals surface area contributed by atoms with E-state index in [1.807, 2.05) is 12.1 Å². The zero-order valence-corrected chi connectivity index (χ0v) is 8.86. The van der Waals surface area contributed by atoms with E-state index in [0.717, 1.165) is 13.0 Å². The molecule has 1 aromatic rings. The number of nitrogens with zero attached hydrogens (tertiary/aromatic N) is 1. The molecule has 2 rings (SSSR count). The van der Waals surface area contributed by atoms with Crippen molar-refractivity contribution < 1.29 is 4.84 Å². The number of hydrogen-bond acceptors (Lipinski definition) is 2. The van der Waals surface area contributed by atoms with E-state index in [9.17, 15) is 0 Å². The lowest BCUT2D eigenvalue weighted by Crippen LogP contribution is -2.28. The second-order valence-corrected chi connectivity index (χ2v) is 4.00. The van der Waals surface area contributed by atoms with Crippen molar-refractivity contribution in [2.75, 3.05) is 13.6 Å². The van der Waals surface area contributed by atoms with E-state index in [1.54, 1.807) is 0 Å². The van der Waals surface area contributed by atoms with Gasteiger partial charge in [-0.2, -0.15) is 5.06 Å². The van der Waals surface area contributed by atoms with Crippen molar-refractivity contribution in [1.82, 2.24) is 5.06 Å². The Hall–Kier alpha value is -0.860. The molecule has 0 spiro atoms. The molecule has 2 heteroatoms. The first kappa shape index (κ1) is 9.69. The maximum Gasteiger partial charge on any atom is 0.104 e. The lowest BCUT2D eigenvalue weighted by atomic mass is 10.0. The Balaban J connectivity index is 2.10. The minimum Gasteiger partial charge on any atom is -0.291 e. The van der Waals surface area contributed by atoms with Crippen LogP contribution in [0.25, 0.3) is 0 Å². The highest BCUT2D eigenvalue weighted by Gasteiger charge is 2.19. The smallest absolute Gasteiger partial charge is 0.104 e. The van der Waals surface area contributed by atoms with E-state index >= 15 is 0 Å². The van der Waals surface area contributed by atoms with Crippen LogP contribution in [-0.4, -0.2) is 18.7 Å². The Bertz CT molecular complexity index is 294. The van der Waals surface area contributed by atoms with Gasteiger partial charge in [0.1, 0.15) is 6.10 Å². The molecular formula is C12H17NO. The van der Waals surface area contributed by atoms with Crippen molar-refractivity contribution in [2.45, 2.75) is 25.9 Å². The summed E-state index contributed by atoms with van der Waals surface area (Å²) in [5, 5.41) is 1.94. The van der Waals surface area contributed by atoms with Crippen LogP contribution >= 0.6 is 0 Å². The van der Waals surface area contributed by atoms with Gasteiger partial charge in [-0.1, -0.05) is 29.8 Å². The number of benzene rings is 1. The topological polar surface area (TPSA) is 12.5 Å². The molecule has 2 nitrogen and oxygen atoms in total. The Morgan fingerprint density at radius 2 is 2.00 bits per heavy atom. The van der Waals surface area contributed by atoms with Gasteiger partial charge in [-0.15, -0.1) is 0 Å². The molecular weight excluding hydrogens is 174 g/mol.